The van der Waals surface area contributed by atoms with Gasteiger partial charge in [0.15, 0.2) is 0 Å². The van der Waals surface area contributed by atoms with Gasteiger partial charge in [-0.05, 0) is 6.92 Å². The Balaban J connectivity index is 4.69. The predicted molar refractivity (Wildman–Crippen MR) is 40.7 cm³/mol. The second kappa shape index (κ2) is 4.28. The molecule has 1 unspecified atom stereocenters. The van der Waals surface area contributed by atoms with Gasteiger partial charge >= 0.3 is 10.1 Å². The van der Waals surface area contributed by atoms with Crippen molar-refractivity contribution in [2.75, 3.05) is 6.61 Å². The van der Waals surface area contributed by atoms with Crippen molar-refractivity contribution in [3.8, 4) is 0 Å². The number of hydrogen-bond acceptors (Lipinski definition) is 3. The van der Waals surface area contributed by atoms with Crippen molar-refractivity contribution in [3.63, 3.8) is 0 Å². The lowest BCUT2D eigenvalue weighted by Gasteiger charge is -2.17. The lowest BCUT2D eigenvalue weighted by Crippen LogP contribution is -2.37. The number of halogens is 3. The van der Waals surface area contributed by atoms with E-state index in [4.69, 9.17) is 0 Å². The van der Waals surface area contributed by atoms with Crippen LogP contribution in [-0.4, -0.2) is 26.5 Å². The summed E-state index contributed by atoms with van der Waals surface area (Å²) in [6.07, 6.45) is -0.888. The lowest BCUT2D eigenvalue weighted by molar-refractivity contribution is -0.0467. The van der Waals surface area contributed by atoms with Crippen LogP contribution >= 0.6 is 0 Å². The molecule has 0 aromatic carbocycles. The smallest absolute Gasteiger partial charge is 0.268 e. The molecule has 80 valence electrons. The van der Waals surface area contributed by atoms with E-state index in [2.05, 4.69) is 4.18 Å². The molecule has 0 amide bonds. The second-order valence-electron chi connectivity index (χ2n) is 2.33. The van der Waals surface area contributed by atoms with Gasteiger partial charge in [-0.2, -0.15) is 8.42 Å². The van der Waals surface area contributed by atoms with Crippen molar-refractivity contribution < 1.29 is 25.8 Å². The highest BCUT2D eigenvalue weighted by Crippen LogP contribution is 2.29. The van der Waals surface area contributed by atoms with E-state index in [0.29, 0.717) is 0 Å². The number of hydrogen-bond donors (Lipinski definition) is 0. The van der Waals surface area contributed by atoms with Crippen LogP contribution in [0.4, 0.5) is 13.2 Å². The van der Waals surface area contributed by atoms with Gasteiger partial charge in [0.05, 0.1) is 6.61 Å². The minimum atomic E-state index is -4.80. The van der Waals surface area contributed by atoms with E-state index in [1.54, 1.807) is 0 Å². The van der Waals surface area contributed by atoms with Crippen LogP contribution in [0.25, 0.3) is 0 Å². The van der Waals surface area contributed by atoms with Crippen molar-refractivity contribution in [1.82, 2.24) is 0 Å². The summed E-state index contributed by atoms with van der Waals surface area (Å²) in [5, 5.41) is 0. The molecule has 0 saturated carbocycles. The maximum Gasteiger partial charge on any atom is 0.306 e. The third-order valence-corrected chi connectivity index (χ3v) is 2.75. The van der Waals surface area contributed by atoms with E-state index in [9.17, 15) is 21.6 Å². The summed E-state index contributed by atoms with van der Waals surface area (Å²) in [6, 6.07) is 0. The van der Waals surface area contributed by atoms with Gasteiger partial charge in [0.25, 0.3) is 11.4 Å². The van der Waals surface area contributed by atoms with Gasteiger partial charge in [0.2, 0.25) is 0 Å². The highest BCUT2D eigenvalue weighted by molar-refractivity contribution is 7.87. The van der Waals surface area contributed by atoms with E-state index in [0.717, 1.165) is 6.92 Å². The van der Waals surface area contributed by atoms with Crippen LogP contribution in [0.1, 0.15) is 20.3 Å². The second-order valence-corrected chi connectivity index (χ2v) is 3.97. The fourth-order valence-corrected chi connectivity index (χ4v) is 1.63. The quantitative estimate of drug-likeness (QED) is 0.662. The third-order valence-electron chi connectivity index (χ3n) is 1.34. The summed E-state index contributed by atoms with van der Waals surface area (Å²) in [5.41, 5.74) is -3.29. The Morgan fingerprint density at radius 2 is 1.85 bits per heavy atom. The van der Waals surface area contributed by atoms with Crippen LogP contribution in [0.2, 0.25) is 0 Å². The van der Waals surface area contributed by atoms with Crippen LogP contribution in [0.5, 0.6) is 0 Å². The molecule has 0 aromatic heterocycles. The van der Waals surface area contributed by atoms with Crippen LogP contribution in [-0.2, 0) is 14.3 Å². The van der Waals surface area contributed by atoms with Crippen molar-refractivity contribution in [1.29, 1.82) is 0 Å². The summed E-state index contributed by atoms with van der Waals surface area (Å²) < 4.78 is 63.0. The largest absolute Gasteiger partial charge is 0.306 e. The topological polar surface area (TPSA) is 43.4 Å². The maximum absolute atomic E-state index is 12.7. The van der Waals surface area contributed by atoms with Crippen molar-refractivity contribution >= 4 is 10.1 Å². The first kappa shape index (κ1) is 12.7. The molecule has 1 atom stereocenters. The molecule has 0 bridgehead atoms. The molecule has 0 fully saturated rings. The van der Waals surface area contributed by atoms with Crippen LogP contribution in [0.15, 0.2) is 0 Å². The van der Waals surface area contributed by atoms with E-state index in [-0.39, 0.29) is 6.61 Å². The molecular weight excluding hydrogens is 209 g/mol. The van der Waals surface area contributed by atoms with E-state index in [1.807, 2.05) is 0 Å². The average molecular weight is 220 g/mol. The van der Waals surface area contributed by atoms with Crippen molar-refractivity contribution in [3.05, 3.63) is 0 Å². The zero-order valence-electron chi connectivity index (χ0n) is 7.26. The number of rotatable bonds is 5. The van der Waals surface area contributed by atoms with Crippen LogP contribution in [0, 0.1) is 0 Å². The van der Waals surface area contributed by atoms with E-state index < -0.39 is 28.0 Å². The van der Waals surface area contributed by atoms with E-state index in [1.165, 1.54) is 6.92 Å². The zero-order valence-corrected chi connectivity index (χ0v) is 8.07. The first-order valence-electron chi connectivity index (χ1n) is 3.68. The molecule has 13 heavy (non-hydrogen) atoms. The van der Waals surface area contributed by atoms with Crippen LogP contribution in [0.3, 0.4) is 0 Å². The Bertz CT molecular complexity index is 250. The Hall–Kier alpha value is -0.300. The number of alkyl halides is 3. The molecule has 0 aromatic rings. The normalized spacial score (nSPS) is 15.8. The molecule has 3 nitrogen and oxygen atoms in total. The zero-order chi connectivity index (χ0) is 10.7. The van der Waals surface area contributed by atoms with Gasteiger partial charge in [0.1, 0.15) is 0 Å². The molecule has 0 rings (SSSR count). The summed E-state index contributed by atoms with van der Waals surface area (Å²) in [5.74, 6) is -3.89. The first-order valence-corrected chi connectivity index (χ1v) is 5.15. The first-order chi connectivity index (χ1) is 5.78. The minimum absolute atomic E-state index is 0.359. The summed E-state index contributed by atoms with van der Waals surface area (Å²) >= 11 is 0. The minimum Gasteiger partial charge on any atom is -0.268 e. The summed E-state index contributed by atoms with van der Waals surface area (Å²) in [7, 11) is -4.80. The molecule has 0 heterocycles. The Morgan fingerprint density at radius 1 is 1.38 bits per heavy atom. The molecule has 0 spiro atoms. The van der Waals surface area contributed by atoms with E-state index >= 15 is 0 Å². The van der Waals surface area contributed by atoms with Gasteiger partial charge in [-0.25, -0.2) is 13.2 Å². The average Bonchev–Trinajstić information content (AvgIpc) is 2.03. The fourth-order valence-electron chi connectivity index (χ4n) is 0.596. The molecule has 0 aliphatic carbocycles. The van der Waals surface area contributed by atoms with Crippen molar-refractivity contribution in [2.24, 2.45) is 0 Å². The molecule has 0 saturated heterocycles. The molecule has 7 heteroatoms. The summed E-state index contributed by atoms with van der Waals surface area (Å²) in [4.78, 5) is 0. The van der Waals surface area contributed by atoms with Gasteiger partial charge in [0, 0.05) is 6.42 Å². The standard InChI is InChI=1S/C6H11F3O3S/c1-3-6(8,9)5(7)13(10,11)12-4-2/h5H,3-4H2,1-2H3. The van der Waals surface area contributed by atoms with Crippen molar-refractivity contribution in [2.45, 2.75) is 31.7 Å². The highest BCUT2D eigenvalue weighted by Gasteiger charge is 2.47. The Labute approximate surface area is 75.0 Å². The SMILES string of the molecule is CCOS(=O)(=O)C(F)C(F)(F)CC. The Morgan fingerprint density at radius 3 is 2.15 bits per heavy atom. The highest BCUT2D eigenvalue weighted by atomic mass is 32.2. The molecule has 0 N–H and O–H groups in total. The molecular formula is C6H11F3O3S. The molecule has 0 radical (unpaired) electrons. The van der Waals surface area contributed by atoms with Gasteiger partial charge in [-0.1, -0.05) is 6.92 Å². The fraction of sp³-hybridized carbons (Fsp3) is 1.00. The van der Waals surface area contributed by atoms with Gasteiger partial charge in [-0.15, -0.1) is 0 Å². The third kappa shape index (κ3) is 3.15. The Kier molecular flexibility index (Phi) is 4.18. The maximum atomic E-state index is 12.7. The predicted octanol–water partition coefficient (Wildman–Crippen LogP) is 1.69. The monoisotopic (exact) mass is 220 g/mol. The molecule has 0 aliphatic heterocycles. The van der Waals surface area contributed by atoms with Crippen LogP contribution < -0.4 is 0 Å². The van der Waals surface area contributed by atoms with Gasteiger partial charge in [-0.3, -0.25) is 4.18 Å². The van der Waals surface area contributed by atoms with Gasteiger partial charge < -0.3 is 0 Å². The summed E-state index contributed by atoms with van der Waals surface area (Å²) in [6.45, 7) is 1.91. The lowest BCUT2D eigenvalue weighted by atomic mass is 10.3. The molecule has 0 aliphatic rings.